The second-order valence-electron chi connectivity index (χ2n) is 12.4. The molecule has 0 unspecified atom stereocenters. The molecule has 0 radical (unpaired) electrons. The van der Waals surface area contributed by atoms with E-state index in [9.17, 15) is 54.8 Å². The number of amides is 1. The number of carboxylic acid groups (broad SMARTS) is 1. The Morgan fingerprint density at radius 2 is 1.75 bits per heavy atom. The van der Waals surface area contributed by atoms with Crippen molar-refractivity contribution in [2.45, 2.75) is 50.5 Å². The van der Waals surface area contributed by atoms with Gasteiger partial charge in [-0.3, -0.25) is 24.6 Å². The summed E-state index contributed by atoms with van der Waals surface area (Å²) >= 11 is 6.32. The minimum Gasteiger partial charge on any atom is -0.481 e. The molecular formula is C30H29ClF8N6O7. The molecule has 22 heteroatoms. The summed E-state index contributed by atoms with van der Waals surface area (Å²) in [5.41, 5.74) is -7.37. The lowest BCUT2D eigenvalue weighted by Crippen LogP contribution is -2.43. The highest BCUT2D eigenvalue weighted by Gasteiger charge is 2.63. The van der Waals surface area contributed by atoms with Crippen LogP contribution >= 0.6 is 11.6 Å². The Morgan fingerprint density at radius 1 is 1.10 bits per heavy atom. The van der Waals surface area contributed by atoms with Crippen molar-refractivity contribution in [2.24, 2.45) is 5.41 Å². The molecule has 1 aromatic carbocycles. The number of hydrazine groups is 1. The van der Waals surface area contributed by atoms with E-state index in [1.807, 2.05) is 6.07 Å². The highest BCUT2D eigenvalue weighted by Crippen LogP contribution is 2.50. The summed E-state index contributed by atoms with van der Waals surface area (Å²) in [6.45, 7) is 1.13. The van der Waals surface area contributed by atoms with Crippen LogP contribution < -0.4 is 5.01 Å². The van der Waals surface area contributed by atoms with Crippen LogP contribution in [0.15, 0.2) is 24.4 Å². The minimum absolute atomic E-state index is 0.147. The van der Waals surface area contributed by atoms with E-state index in [2.05, 4.69) is 5.10 Å². The Hall–Kier alpha value is -4.68. The van der Waals surface area contributed by atoms with E-state index in [1.165, 1.54) is 44.2 Å². The van der Waals surface area contributed by atoms with Gasteiger partial charge in [0.2, 0.25) is 0 Å². The van der Waals surface area contributed by atoms with E-state index >= 15 is 0 Å². The molecule has 2 N–H and O–H groups in total. The van der Waals surface area contributed by atoms with Crippen LogP contribution in [0.4, 0.5) is 45.7 Å². The third kappa shape index (κ3) is 8.18. The van der Waals surface area contributed by atoms with Gasteiger partial charge in [-0.2, -0.15) is 45.5 Å². The van der Waals surface area contributed by atoms with E-state index in [1.54, 1.807) is 0 Å². The number of alkyl halides is 8. The highest BCUT2D eigenvalue weighted by atomic mass is 35.5. The first-order valence-corrected chi connectivity index (χ1v) is 15.3. The maximum Gasteiger partial charge on any atom is 0.510 e. The van der Waals surface area contributed by atoms with Gasteiger partial charge in [0.25, 0.3) is 5.91 Å². The second-order valence-corrected chi connectivity index (χ2v) is 12.8. The van der Waals surface area contributed by atoms with Gasteiger partial charge in [0.15, 0.2) is 12.5 Å². The van der Waals surface area contributed by atoms with Crippen LogP contribution in [0.1, 0.15) is 53.9 Å². The molecule has 0 saturated heterocycles. The summed E-state index contributed by atoms with van der Waals surface area (Å²) in [6, 6.07) is 5.79. The number of nitrogens with zero attached hydrogens (tertiary/aromatic N) is 5. The Balaban J connectivity index is 1.54. The largest absolute Gasteiger partial charge is 0.510 e. The molecule has 2 aliphatic rings. The fourth-order valence-corrected chi connectivity index (χ4v) is 5.04. The maximum atomic E-state index is 14.1. The molecule has 1 fully saturated rings. The zero-order valence-electron chi connectivity index (χ0n) is 27.3. The molecule has 1 amide bonds. The fraction of sp³-hybridized carbons (Fsp3) is 0.500. The second kappa shape index (κ2) is 14.4. The van der Waals surface area contributed by atoms with Crippen LogP contribution in [0.25, 0.3) is 5.57 Å². The fourth-order valence-electron chi connectivity index (χ4n) is 4.84. The van der Waals surface area contributed by atoms with Gasteiger partial charge >= 0.3 is 30.4 Å². The van der Waals surface area contributed by atoms with Crippen LogP contribution in [0.5, 0.6) is 0 Å². The summed E-state index contributed by atoms with van der Waals surface area (Å²) in [4.78, 5) is 38.1. The lowest BCUT2D eigenvalue weighted by molar-refractivity contribution is -0.292. The number of likely N-dealkylation sites (N-methyl/N-ethyl adjacent to an activating group) is 1. The first kappa shape index (κ1) is 40.1. The van der Waals surface area contributed by atoms with Gasteiger partial charge in [0, 0.05) is 19.8 Å². The number of aromatic nitrogens is 2. The summed E-state index contributed by atoms with van der Waals surface area (Å²) in [7, 11) is 1.20. The van der Waals surface area contributed by atoms with Gasteiger partial charge in [0.05, 0.1) is 35.3 Å². The van der Waals surface area contributed by atoms with E-state index in [0.717, 1.165) is 16.1 Å². The zero-order valence-corrected chi connectivity index (χ0v) is 28.0. The number of anilines is 1. The molecule has 4 rings (SSSR count). The average molecular weight is 773 g/mol. The Labute approximate surface area is 294 Å². The number of halogens is 9. The molecule has 284 valence electrons. The predicted octanol–water partition coefficient (Wildman–Crippen LogP) is 6.18. The van der Waals surface area contributed by atoms with Crippen molar-refractivity contribution < 1.29 is 68.8 Å². The van der Waals surface area contributed by atoms with Crippen molar-refractivity contribution in [3.05, 3.63) is 51.8 Å². The van der Waals surface area contributed by atoms with Gasteiger partial charge in [0.1, 0.15) is 23.4 Å². The van der Waals surface area contributed by atoms with Gasteiger partial charge in [-0.1, -0.05) is 17.7 Å². The van der Waals surface area contributed by atoms with E-state index < -0.39 is 71.1 Å². The van der Waals surface area contributed by atoms with Gasteiger partial charge in [-0.05, 0) is 50.0 Å². The number of benzene rings is 1. The molecule has 1 aromatic heterocycles. The number of aliphatic carboxylic acids is 1. The Bertz CT molecular complexity index is 1790. The average Bonchev–Trinajstić information content (AvgIpc) is 3.51. The monoisotopic (exact) mass is 772 g/mol. The maximum absolute atomic E-state index is 14.1. The molecule has 52 heavy (non-hydrogen) atoms. The van der Waals surface area contributed by atoms with Crippen LogP contribution in [-0.4, -0.2) is 95.1 Å². The third-order valence-corrected chi connectivity index (χ3v) is 8.35. The molecule has 1 aliphatic carbocycles. The molecule has 2 heterocycles. The van der Waals surface area contributed by atoms with Crippen molar-refractivity contribution in [1.82, 2.24) is 20.1 Å². The first-order chi connectivity index (χ1) is 24.0. The number of ether oxygens (including phenoxy) is 3. The van der Waals surface area contributed by atoms with Gasteiger partial charge < -0.3 is 19.3 Å². The summed E-state index contributed by atoms with van der Waals surface area (Å²) in [5, 5.41) is 24.8. The molecule has 0 bridgehead atoms. The SMILES string of the molecule is CN1CC(c2ccc(Cl)c(C(=O)N(COC(=O)OCCOCC(C)(C)C(=O)O)C3(C#N)CC3)c2)=CN1c1n[nH]c(C(F)(F)C(F)(F)F)c1C(F)(F)F. The predicted molar refractivity (Wildman–Crippen MR) is 161 cm³/mol. The number of H-pyrrole nitrogens is 1. The minimum atomic E-state index is -6.37. The number of carbonyl (C=O) groups is 3. The number of carbonyl (C=O) groups excluding carboxylic acids is 2. The molecule has 0 atom stereocenters. The van der Waals surface area contributed by atoms with Gasteiger partial charge in [-0.25, -0.2) is 9.80 Å². The van der Waals surface area contributed by atoms with Crippen molar-refractivity contribution >= 4 is 41.0 Å². The van der Waals surface area contributed by atoms with Crippen LogP contribution in [0.3, 0.4) is 0 Å². The Morgan fingerprint density at radius 3 is 2.31 bits per heavy atom. The summed E-state index contributed by atoms with van der Waals surface area (Å²) in [6.07, 6.45) is -11.9. The lowest BCUT2D eigenvalue weighted by Gasteiger charge is -2.27. The molecule has 0 spiro atoms. The molecule has 1 saturated carbocycles. The highest BCUT2D eigenvalue weighted by molar-refractivity contribution is 6.34. The zero-order chi connectivity index (χ0) is 39.0. The topological polar surface area (TPSA) is 161 Å². The quantitative estimate of drug-likeness (QED) is 0.104. The molecular weight excluding hydrogens is 744 g/mol. The van der Waals surface area contributed by atoms with E-state index in [0.29, 0.717) is 5.01 Å². The molecule has 2 aromatic rings. The normalized spacial score (nSPS) is 16.3. The van der Waals surface area contributed by atoms with Crippen LogP contribution in [0.2, 0.25) is 5.02 Å². The van der Waals surface area contributed by atoms with Crippen molar-refractivity contribution in [2.75, 3.05) is 45.2 Å². The number of carboxylic acids is 1. The number of hydrogen-bond acceptors (Lipinski definition) is 10. The van der Waals surface area contributed by atoms with Gasteiger partial charge in [-0.15, -0.1) is 0 Å². The smallest absolute Gasteiger partial charge is 0.481 e. The van der Waals surface area contributed by atoms with Crippen molar-refractivity contribution in [3.8, 4) is 6.07 Å². The molecule has 1 aliphatic heterocycles. The lowest BCUT2D eigenvalue weighted by atomic mass is 9.95. The standard InChI is InChI=1S/C30H29ClF8N6O7/c1-26(2,24(47)48)14-50-8-9-51-25(49)52-15-44(27(13-40)6-7-27)23(46)18-10-16(4-5-19(18)31)17-11-43(3)45(12-17)22-20(29(34,35)36)21(41-42-22)28(32,33)30(37,38)39/h4-5,10,12H,6-9,11,14-15H2,1-3H3,(H,41,42)(H,47,48). The first-order valence-electron chi connectivity index (χ1n) is 14.9. The Kier molecular flexibility index (Phi) is 11.1. The number of rotatable bonds is 13. The van der Waals surface area contributed by atoms with E-state index in [4.69, 9.17) is 30.9 Å². The number of hydrogen-bond donors (Lipinski definition) is 2. The number of aromatic amines is 1. The van der Waals surface area contributed by atoms with Crippen molar-refractivity contribution in [3.63, 3.8) is 0 Å². The number of nitrogens with one attached hydrogen (secondary N) is 1. The third-order valence-electron chi connectivity index (χ3n) is 8.02. The molecule has 13 nitrogen and oxygen atoms in total. The van der Waals surface area contributed by atoms with E-state index in [-0.39, 0.29) is 60.9 Å². The van der Waals surface area contributed by atoms with Crippen LogP contribution in [-0.2, 0) is 31.1 Å². The number of nitriles is 1. The summed E-state index contributed by atoms with van der Waals surface area (Å²) in [5.74, 6) is -9.23. The summed E-state index contributed by atoms with van der Waals surface area (Å²) < 4.78 is 124. The van der Waals surface area contributed by atoms with Crippen molar-refractivity contribution in [1.29, 1.82) is 5.26 Å². The van der Waals surface area contributed by atoms with Crippen LogP contribution in [0, 0.1) is 16.7 Å².